The molecule has 6 heteroatoms. The molecule has 0 aliphatic heterocycles. The average Bonchev–Trinajstić information content (AvgIpc) is 3.34. The Morgan fingerprint density at radius 3 is 2.43 bits per heavy atom. The summed E-state index contributed by atoms with van der Waals surface area (Å²) in [5.74, 6) is -0.175. The summed E-state index contributed by atoms with van der Waals surface area (Å²) in [5.41, 5.74) is 4.76. The number of nitrogens with one attached hydrogen (secondary N) is 1. The lowest BCUT2D eigenvalue weighted by Crippen LogP contribution is -2.13. The van der Waals surface area contributed by atoms with E-state index in [2.05, 4.69) is 15.3 Å². The summed E-state index contributed by atoms with van der Waals surface area (Å²) in [7, 11) is 0. The van der Waals surface area contributed by atoms with E-state index < -0.39 is 0 Å². The second kappa shape index (κ2) is 7.85. The summed E-state index contributed by atoms with van der Waals surface area (Å²) in [6.45, 7) is 0. The van der Waals surface area contributed by atoms with Gasteiger partial charge in [-0.2, -0.15) is 0 Å². The van der Waals surface area contributed by atoms with E-state index >= 15 is 0 Å². The SMILES string of the molecule is O=C(Nc1ccc(-c2nccs2)cc1)c1cc(-c2ccncc2)nc2ccccc12. The molecule has 0 fully saturated rings. The maximum Gasteiger partial charge on any atom is 0.256 e. The van der Waals surface area contributed by atoms with E-state index in [-0.39, 0.29) is 5.91 Å². The van der Waals surface area contributed by atoms with E-state index in [1.807, 2.05) is 72.1 Å². The molecule has 0 unspecified atom stereocenters. The molecule has 0 atom stereocenters. The van der Waals surface area contributed by atoms with Crippen molar-refractivity contribution in [3.8, 4) is 21.8 Å². The number of hydrogen-bond acceptors (Lipinski definition) is 5. The molecule has 0 aliphatic carbocycles. The molecule has 3 heterocycles. The van der Waals surface area contributed by atoms with Crippen LogP contribution in [0.1, 0.15) is 10.4 Å². The molecule has 1 amide bonds. The first kappa shape index (κ1) is 18.1. The highest BCUT2D eigenvalue weighted by molar-refractivity contribution is 7.13. The highest BCUT2D eigenvalue weighted by atomic mass is 32.1. The number of thiazole rings is 1. The number of nitrogens with zero attached hydrogens (tertiary/aromatic N) is 3. The first-order chi connectivity index (χ1) is 14.8. The minimum Gasteiger partial charge on any atom is -0.322 e. The minimum atomic E-state index is -0.175. The van der Waals surface area contributed by atoms with E-state index in [1.54, 1.807) is 29.9 Å². The lowest BCUT2D eigenvalue weighted by atomic mass is 10.0. The van der Waals surface area contributed by atoms with Crippen molar-refractivity contribution in [1.82, 2.24) is 15.0 Å². The fourth-order valence-corrected chi connectivity index (χ4v) is 3.94. The standard InChI is InChI=1S/C24H16N4OS/c29-23(27-18-7-5-17(6-8-18)24-26-13-14-30-24)20-15-22(16-9-11-25-12-10-16)28-21-4-2-1-3-19(20)21/h1-15H,(H,27,29). The number of anilines is 1. The predicted octanol–water partition coefficient (Wildman–Crippen LogP) is 5.67. The topological polar surface area (TPSA) is 67.8 Å². The lowest BCUT2D eigenvalue weighted by Gasteiger charge is -2.11. The summed E-state index contributed by atoms with van der Waals surface area (Å²) in [6.07, 6.45) is 5.22. The van der Waals surface area contributed by atoms with Crippen molar-refractivity contribution < 1.29 is 4.79 Å². The Morgan fingerprint density at radius 2 is 1.67 bits per heavy atom. The number of rotatable bonds is 4. The van der Waals surface area contributed by atoms with Crippen LogP contribution in [0.15, 0.2) is 90.7 Å². The summed E-state index contributed by atoms with van der Waals surface area (Å²) < 4.78 is 0. The van der Waals surface area contributed by atoms with Crippen LogP contribution in [0.25, 0.3) is 32.7 Å². The maximum absolute atomic E-state index is 13.2. The fourth-order valence-electron chi connectivity index (χ4n) is 3.29. The molecule has 1 N–H and O–H groups in total. The van der Waals surface area contributed by atoms with E-state index in [0.29, 0.717) is 5.56 Å². The third kappa shape index (κ3) is 3.56. The average molecular weight is 408 g/mol. The molecule has 0 aliphatic rings. The first-order valence-corrected chi connectivity index (χ1v) is 10.3. The number of carbonyl (C=O) groups is 1. The Hall–Kier alpha value is -3.90. The molecular weight excluding hydrogens is 392 g/mol. The Labute approximate surface area is 177 Å². The van der Waals surface area contributed by atoms with Crippen molar-refractivity contribution >= 4 is 33.8 Å². The van der Waals surface area contributed by atoms with Crippen molar-refractivity contribution in [2.24, 2.45) is 0 Å². The van der Waals surface area contributed by atoms with Gasteiger partial charge in [-0.15, -0.1) is 11.3 Å². The van der Waals surface area contributed by atoms with Crippen LogP contribution < -0.4 is 5.32 Å². The van der Waals surface area contributed by atoms with Crippen molar-refractivity contribution in [1.29, 1.82) is 0 Å². The van der Waals surface area contributed by atoms with Crippen LogP contribution in [-0.4, -0.2) is 20.9 Å². The highest BCUT2D eigenvalue weighted by Crippen LogP contribution is 2.26. The van der Waals surface area contributed by atoms with Gasteiger partial charge in [0.2, 0.25) is 0 Å². The summed E-state index contributed by atoms with van der Waals surface area (Å²) in [5, 5.41) is 6.72. The minimum absolute atomic E-state index is 0.175. The second-order valence-corrected chi connectivity index (χ2v) is 7.57. The van der Waals surface area contributed by atoms with Gasteiger partial charge in [-0.3, -0.25) is 9.78 Å². The molecule has 0 saturated heterocycles. The third-order valence-corrected chi connectivity index (χ3v) is 5.58. The molecule has 5 rings (SSSR count). The Kier molecular flexibility index (Phi) is 4.75. The van der Waals surface area contributed by atoms with Crippen molar-refractivity contribution in [2.45, 2.75) is 0 Å². The van der Waals surface area contributed by atoms with Gasteiger partial charge < -0.3 is 5.32 Å². The summed E-state index contributed by atoms with van der Waals surface area (Å²) >= 11 is 1.58. The first-order valence-electron chi connectivity index (χ1n) is 9.39. The normalized spacial score (nSPS) is 10.8. The van der Waals surface area contributed by atoms with Gasteiger partial charge in [0.25, 0.3) is 5.91 Å². The summed E-state index contributed by atoms with van der Waals surface area (Å²) in [4.78, 5) is 26.3. The lowest BCUT2D eigenvalue weighted by molar-refractivity contribution is 0.102. The van der Waals surface area contributed by atoms with Crippen LogP contribution in [0, 0.1) is 0 Å². The molecule has 0 spiro atoms. The molecular formula is C24H16N4OS. The van der Waals surface area contributed by atoms with Gasteiger partial charge in [0.15, 0.2) is 0 Å². The Balaban J connectivity index is 1.49. The van der Waals surface area contributed by atoms with Crippen molar-refractivity contribution in [2.75, 3.05) is 5.32 Å². The monoisotopic (exact) mass is 408 g/mol. The quantitative estimate of drug-likeness (QED) is 0.416. The number of aromatic nitrogens is 3. The molecule has 5 nitrogen and oxygen atoms in total. The molecule has 5 aromatic rings. The number of pyridine rings is 2. The largest absolute Gasteiger partial charge is 0.322 e. The third-order valence-electron chi connectivity index (χ3n) is 4.76. The fraction of sp³-hybridized carbons (Fsp3) is 0. The number of carbonyl (C=O) groups excluding carboxylic acids is 1. The Morgan fingerprint density at radius 1 is 0.867 bits per heavy atom. The van der Waals surface area contributed by atoms with E-state index in [1.165, 1.54) is 0 Å². The smallest absolute Gasteiger partial charge is 0.256 e. The van der Waals surface area contributed by atoms with Gasteiger partial charge in [0, 0.05) is 46.2 Å². The molecule has 0 bridgehead atoms. The van der Waals surface area contributed by atoms with Crippen LogP contribution in [0.5, 0.6) is 0 Å². The van der Waals surface area contributed by atoms with Gasteiger partial charge in [0.05, 0.1) is 16.8 Å². The summed E-state index contributed by atoms with van der Waals surface area (Å²) in [6, 6.07) is 21.0. The maximum atomic E-state index is 13.2. The number of fused-ring (bicyclic) bond motifs is 1. The molecule has 0 saturated carbocycles. The zero-order chi connectivity index (χ0) is 20.3. The van der Waals surface area contributed by atoms with Crippen LogP contribution in [0.3, 0.4) is 0 Å². The number of hydrogen-bond donors (Lipinski definition) is 1. The van der Waals surface area contributed by atoms with Gasteiger partial charge in [-0.25, -0.2) is 9.97 Å². The van der Waals surface area contributed by atoms with Gasteiger partial charge in [0.1, 0.15) is 5.01 Å². The van der Waals surface area contributed by atoms with E-state index in [9.17, 15) is 4.79 Å². The van der Waals surface area contributed by atoms with Gasteiger partial charge in [-0.05, 0) is 48.5 Å². The molecule has 2 aromatic carbocycles. The molecule has 0 radical (unpaired) electrons. The Bertz CT molecular complexity index is 1320. The van der Waals surface area contributed by atoms with Crippen LogP contribution in [-0.2, 0) is 0 Å². The number of benzene rings is 2. The van der Waals surface area contributed by atoms with Crippen LogP contribution >= 0.6 is 11.3 Å². The van der Waals surface area contributed by atoms with E-state index in [4.69, 9.17) is 4.98 Å². The molecule has 3 aromatic heterocycles. The van der Waals surface area contributed by atoms with Crippen molar-refractivity contribution in [3.63, 3.8) is 0 Å². The zero-order valence-electron chi connectivity index (χ0n) is 15.8. The van der Waals surface area contributed by atoms with Crippen LogP contribution in [0.4, 0.5) is 5.69 Å². The number of para-hydroxylation sites is 1. The molecule has 144 valence electrons. The second-order valence-electron chi connectivity index (χ2n) is 6.68. The molecule has 30 heavy (non-hydrogen) atoms. The van der Waals surface area contributed by atoms with E-state index in [0.717, 1.165) is 38.4 Å². The zero-order valence-corrected chi connectivity index (χ0v) is 16.6. The van der Waals surface area contributed by atoms with Gasteiger partial charge in [-0.1, -0.05) is 18.2 Å². The van der Waals surface area contributed by atoms with Crippen molar-refractivity contribution in [3.05, 3.63) is 96.3 Å². The highest BCUT2D eigenvalue weighted by Gasteiger charge is 2.14. The number of amides is 1. The van der Waals surface area contributed by atoms with Gasteiger partial charge >= 0.3 is 0 Å². The van der Waals surface area contributed by atoms with Crippen LogP contribution in [0.2, 0.25) is 0 Å². The predicted molar refractivity (Wildman–Crippen MR) is 120 cm³/mol.